The second-order valence-electron chi connectivity index (χ2n) is 3.30. The summed E-state index contributed by atoms with van der Waals surface area (Å²) in [4.78, 5) is 8.78. The van der Waals surface area contributed by atoms with Gasteiger partial charge in [0.2, 0.25) is 0 Å². The molecule has 2 heterocycles. The van der Waals surface area contributed by atoms with Crippen LogP contribution in [0.5, 0.6) is 0 Å². The molecule has 0 bridgehead atoms. The van der Waals surface area contributed by atoms with Gasteiger partial charge < -0.3 is 0 Å². The van der Waals surface area contributed by atoms with Crippen molar-refractivity contribution in [2.75, 3.05) is 0 Å². The monoisotopic (exact) mass is 226 g/mol. The molecule has 5 heteroatoms. The maximum Gasteiger partial charge on any atom is 0.184 e. The smallest absolute Gasteiger partial charge is 0.184 e. The predicted molar refractivity (Wildman–Crippen MR) is 61.0 cm³/mol. The average Bonchev–Trinajstić information content (AvgIpc) is 2.78. The van der Waals surface area contributed by atoms with Crippen molar-refractivity contribution in [2.45, 2.75) is 13.1 Å². The van der Waals surface area contributed by atoms with Gasteiger partial charge in [-0.15, -0.1) is 22.7 Å². The fourth-order valence-corrected chi connectivity index (χ4v) is 6.42. The summed E-state index contributed by atoms with van der Waals surface area (Å²) in [6.07, 6.45) is 3.75. The lowest BCUT2D eigenvalue weighted by atomic mass is 11.0. The summed E-state index contributed by atoms with van der Waals surface area (Å²) < 4.78 is 2.53. The molecular weight excluding hydrogens is 216 g/mol. The molecule has 0 unspecified atom stereocenters. The van der Waals surface area contributed by atoms with Crippen molar-refractivity contribution in [3.05, 3.63) is 23.2 Å². The van der Waals surface area contributed by atoms with Gasteiger partial charge in [-0.3, -0.25) is 9.97 Å². The lowest BCUT2D eigenvalue weighted by Crippen LogP contribution is -2.52. The lowest BCUT2D eigenvalue weighted by Gasteiger charge is -2.15. The van der Waals surface area contributed by atoms with E-state index in [2.05, 4.69) is 23.1 Å². The van der Waals surface area contributed by atoms with E-state index in [0.717, 1.165) is 0 Å². The van der Waals surface area contributed by atoms with Crippen LogP contribution in [-0.2, 0) is 0 Å². The van der Waals surface area contributed by atoms with E-state index in [-0.39, 0.29) is 0 Å². The molecule has 0 aliphatic heterocycles. The molecule has 2 aromatic rings. The maximum absolute atomic E-state index is 4.39. The minimum Gasteiger partial charge on any atom is -0.254 e. The standard InChI is InChI=1S/C8H10N2S2Si/c1-13(2,7-9-3-5-11-7)8-10-4-6-12-8/h3-6H,1-2H3. The number of hydrogen-bond donors (Lipinski definition) is 0. The fraction of sp³-hybridized carbons (Fsp3) is 0.250. The predicted octanol–water partition coefficient (Wildman–Crippen LogP) is 1.42. The fourth-order valence-electron chi connectivity index (χ4n) is 1.16. The highest BCUT2D eigenvalue weighted by molar-refractivity contribution is 7.34. The van der Waals surface area contributed by atoms with Crippen LogP contribution in [0.15, 0.2) is 23.2 Å². The SMILES string of the molecule is C[Si](C)(c1nccs1)c1nccs1. The van der Waals surface area contributed by atoms with E-state index in [0.29, 0.717) is 0 Å². The van der Waals surface area contributed by atoms with Crippen LogP contribution in [0.2, 0.25) is 13.1 Å². The van der Waals surface area contributed by atoms with Gasteiger partial charge in [-0.05, 0) is 0 Å². The van der Waals surface area contributed by atoms with Crippen LogP contribution in [0.1, 0.15) is 0 Å². The molecule has 0 amide bonds. The molecule has 2 rings (SSSR count). The summed E-state index contributed by atoms with van der Waals surface area (Å²) in [6.45, 7) is 4.59. The highest BCUT2D eigenvalue weighted by Gasteiger charge is 2.31. The second kappa shape index (κ2) is 3.32. The third-order valence-corrected chi connectivity index (χ3v) is 9.27. The van der Waals surface area contributed by atoms with Crippen LogP contribution in [0.3, 0.4) is 0 Å². The van der Waals surface area contributed by atoms with E-state index in [1.54, 1.807) is 22.7 Å². The molecule has 0 spiro atoms. The van der Waals surface area contributed by atoms with E-state index in [4.69, 9.17) is 0 Å². The number of aromatic nitrogens is 2. The van der Waals surface area contributed by atoms with Crippen LogP contribution in [-0.4, -0.2) is 18.0 Å². The van der Waals surface area contributed by atoms with Crippen molar-refractivity contribution in [1.29, 1.82) is 0 Å². The van der Waals surface area contributed by atoms with Gasteiger partial charge in [-0.25, -0.2) is 0 Å². The third kappa shape index (κ3) is 1.59. The van der Waals surface area contributed by atoms with Crippen LogP contribution in [0.25, 0.3) is 0 Å². The number of hydrogen-bond acceptors (Lipinski definition) is 4. The van der Waals surface area contributed by atoms with Gasteiger partial charge in [0.15, 0.2) is 8.07 Å². The van der Waals surface area contributed by atoms with Gasteiger partial charge in [0.1, 0.15) is 0 Å². The molecule has 2 nitrogen and oxygen atoms in total. The molecule has 13 heavy (non-hydrogen) atoms. The zero-order valence-electron chi connectivity index (χ0n) is 7.52. The van der Waals surface area contributed by atoms with Gasteiger partial charge in [0.25, 0.3) is 0 Å². The summed E-state index contributed by atoms with van der Waals surface area (Å²) >= 11 is 3.49. The molecular formula is C8H10N2S2Si. The first kappa shape index (κ1) is 9.05. The van der Waals surface area contributed by atoms with Crippen molar-refractivity contribution in [1.82, 2.24) is 9.97 Å². The van der Waals surface area contributed by atoms with Crippen LogP contribution in [0.4, 0.5) is 0 Å². The molecule has 0 aromatic carbocycles. The molecule has 0 aliphatic rings. The molecule has 0 fully saturated rings. The van der Waals surface area contributed by atoms with E-state index >= 15 is 0 Å². The molecule has 0 N–H and O–H groups in total. The molecule has 68 valence electrons. The van der Waals surface area contributed by atoms with E-state index in [1.807, 2.05) is 23.2 Å². The second-order valence-corrected chi connectivity index (χ2v) is 10.0. The van der Waals surface area contributed by atoms with Gasteiger partial charge in [-0.2, -0.15) is 0 Å². The largest absolute Gasteiger partial charge is 0.254 e. The maximum atomic E-state index is 4.39. The van der Waals surface area contributed by atoms with E-state index < -0.39 is 8.07 Å². The van der Waals surface area contributed by atoms with Gasteiger partial charge in [-0.1, -0.05) is 13.1 Å². The highest BCUT2D eigenvalue weighted by Crippen LogP contribution is 2.07. The normalized spacial score (nSPS) is 11.8. The zero-order valence-corrected chi connectivity index (χ0v) is 10.2. The third-order valence-electron chi connectivity index (χ3n) is 1.93. The van der Waals surface area contributed by atoms with Crippen LogP contribution in [0, 0.1) is 0 Å². The number of nitrogens with zero attached hydrogens (tertiary/aromatic N) is 2. The van der Waals surface area contributed by atoms with Crippen LogP contribution < -0.4 is 9.26 Å². The van der Waals surface area contributed by atoms with E-state index in [1.165, 1.54) is 9.26 Å². The van der Waals surface area contributed by atoms with Gasteiger partial charge in [0, 0.05) is 23.2 Å². The summed E-state index contributed by atoms with van der Waals surface area (Å²) in [5.41, 5.74) is 0. The van der Waals surface area contributed by atoms with Gasteiger partial charge >= 0.3 is 0 Å². The highest BCUT2D eigenvalue weighted by atomic mass is 32.1. The minimum atomic E-state index is -1.54. The van der Waals surface area contributed by atoms with Crippen molar-refractivity contribution in [3.63, 3.8) is 0 Å². The topological polar surface area (TPSA) is 25.8 Å². The van der Waals surface area contributed by atoms with Gasteiger partial charge in [0.05, 0.1) is 9.26 Å². The summed E-state index contributed by atoms with van der Waals surface area (Å²) in [7, 11) is -1.54. The molecule has 2 aromatic heterocycles. The zero-order chi connectivity index (χ0) is 9.31. The van der Waals surface area contributed by atoms with Crippen molar-refractivity contribution in [2.24, 2.45) is 0 Å². The molecule has 0 atom stereocenters. The Morgan fingerprint density at radius 3 is 1.77 bits per heavy atom. The quantitative estimate of drug-likeness (QED) is 0.724. The molecule has 0 saturated carbocycles. The Morgan fingerprint density at radius 1 is 1.00 bits per heavy atom. The minimum absolute atomic E-state index is 1.27. The molecule has 0 saturated heterocycles. The lowest BCUT2D eigenvalue weighted by molar-refractivity contribution is 1.42. The summed E-state index contributed by atoms with van der Waals surface area (Å²) in [6, 6.07) is 0. The Kier molecular flexibility index (Phi) is 2.31. The first-order chi connectivity index (χ1) is 6.21. The first-order valence-corrected chi connectivity index (χ1v) is 8.77. The first-order valence-electron chi connectivity index (χ1n) is 4.01. The Hall–Kier alpha value is -0.523. The Balaban J connectivity index is 2.42. The average molecular weight is 226 g/mol. The van der Waals surface area contributed by atoms with Crippen molar-refractivity contribution < 1.29 is 0 Å². The number of thiazole rings is 2. The Bertz CT molecular complexity index is 331. The summed E-state index contributed by atoms with van der Waals surface area (Å²) in [5.74, 6) is 0. The Morgan fingerprint density at radius 2 is 1.46 bits per heavy atom. The van der Waals surface area contributed by atoms with Crippen molar-refractivity contribution >= 4 is 40.0 Å². The number of rotatable bonds is 2. The van der Waals surface area contributed by atoms with E-state index in [9.17, 15) is 0 Å². The Labute approximate surface area is 86.3 Å². The molecule has 0 radical (unpaired) electrons. The summed E-state index contributed by atoms with van der Waals surface area (Å²) in [5, 5.41) is 4.08. The molecule has 0 aliphatic carbocycles. The van der Waals surface area contributed by atoms with Crippen LogP contribution >= 0.6 is 22.7 Å². The van der Waals surface area contributed by atoms with Crippen molar-refractivity contribution in [3.8, 4) is 0 Å².